The van der Waals surface area contributed by atoms with Gasteiger partial charge < -0.3 is 25.0 Å². The van der Waals surface area contributed by atoms with Crippen molar-refractivity contribution in [3.8, 4) is 11.5 Å². The number of benzene rings is 1. The highest BCUT2D eigenvalue weighted by molar-refractivity contribution is 5.45. The molecule has 2 heterocycles. The van der Waals surface area contributed by atoms with Crippen molar-refractivity contribution in [3.63, 3.8) is 0 Å². The SMILES string of the molecule is CN1CCCN(C)C(C(N)c2ccc3c(c2)OCCO3)C1. The average molecular weight is 291 g/mol. The molecule has 0 aromatic heterocycles. The van der Waals surface area contributed by atoms with Gasteiger partial charge in [0.25, 0.3) is 0 Å². The van der Waals surface area contributed by atoms with Crippen LogP contribution in [-0.4, -0.2) is 62.8 Å². The number of nitrogens with zero attached hydrogens (tertiary/aromatic N) is 2. The van der Waals surface area contributed by atoms with Gasteiger partial charge in [-0.25, -0.2) is 0 Å². The first kappa shape index (κ1) is 14.6. The summed E-state index contributed by atoms with van der Waals surface area (Å²) in [5, 5.41) is 0. The van der Waals surface area contributed by atoms with Gasteiger partial charge in [-0.1, -0.05) is 6.07 Å². The number of fused-ring (bicyclic) bond motifs is 1. The van der Waals surface area contributed by atoms with Crippen LogP contribution in [0.25, 0.3) is 0 Å². The van der Waals surface area contributed by atoms with Crippen LogP contribution in [0.15, 0.2) is 18.2 Å². The van der Waals surface area contributed by atoms with Crippen LogP contribution in [0.5, 0.6) is 11.5 Å². The van der Waals surface area contributed by atoms with Gasteiger partial charge in [0.05, 0.1) is 0 Å². The van der Waals surface area contributed by atoms with Gasteiger partial charge in [0.15, 0.2) is 11.5 Å². The molecule has 2 N–H and O–H groups in total. The first-order valence-corrected chi connectivity index (χ1v) is 7.69. The number of ether oxygens (including phenoxy) is 2. The summed E-state index contributed by atoms with van der Waals surface area (Å²) in [6.07, 6.45) is 1.19. The van der Waals surface area contributed by atoms with Crippen molar-refractivity contribution in [2.45, 2.75) is 18.5 Å². The van der Waals surface area contributed by atoms with E-state index >= 15 is 0 Å². The van der Waals surface area contributed by atoms with Crippen LogP contribution >= 0.6 is 0 Å². The highest BCUT2D eigenvalue weighted by Crippen LogP contribution is 2.33. The molecule has 2 atom stereocenters. The van der Waals surface area contributed by atoms with Crippen LogP contribution in [0.2, 0.25) is 0 Å². The predicted molar refractivity (Wildman–Crippen MR) is 82.9 cm³/mol. The van der Waals surface area contributed by atoms with Crippen LogP contribution in [0.3, 0.4) is 0 Å². The van der Waals surface area contributed by atoms with Crippen LogP contribution in [0, 0.1) is 0 Å². The number of rotatable bonds is 2. The van der Waals surface area contributed by atoms with Crippen molar-refractivity contribution in [3.05, 3.63) is 23.8 Å². The summed E-state index contributed by atoms with van der Waals surface area (Å²) in [4.78, 5) is 4.75. The van der Waals surface area contributed by atoms with Gasteiger partial charge in [0.2, 0.25) is 0 Å². The van der Waals surface area contributed by atoms with E-state index in [0.29, 0.717) is 19.3 Å². The second-order valence-corrected chi connectivity index (χ2v) is 6.09. The topological polar surface area (TPSA) is 51.0 Å². The van der Waals surface area contributed by atoms with E-state index in [0.717, 1.165) is 36.7 Å². The molecule has 0 bridgehead atoms. The molecule has 0 saturated carbocycles. The van der Waals surface area contributed by atoms with Gasteiger partial charge in [0.1, 0.15) is 13.2 Å². The Morgan fingerprint density at radius 3 is 2.71 bits per heavy atom. The van der Waals surface area contributed by atoms with Gasteiger partial charge in [-0.15, -0.1) is 0 Å². The quantitative estimate of drug-likeness (QED) is 0.884. The molecule has 2 aliphatic rings. The number of hydrogen-bond donors (Lipinski definition) is 1. The van der Waals surface area contributed by atoms with Crippen molar-refractivity contribution >= 4 is 0 Å². The zero-order valence-corrected chi connectivity index (χ0v) is 12.9. The van der Waals surface area contributed by atoms with Crippen molar-refractivity contribution in [1.82, 2.24) is 9.80 Å². The summed E-state index contributed by atoms with van der Waals surface area (Å²) < 4.78 is 11.2. The molecule has 21 heavy (non-hydrogen) atoms. The molecule has 2 unspecified atom stereocenters. The Morgan fingerprint density at radius 1 is 1.14 bits per heavy atom. The summed E-state index contributed by atoms with van der Waals surface area (Å²) in [5.74, 6) is 1.64. The van der Waals surface area contributed by atoms with E-state index in [9.17, 15) is 0 Å². The largest absolute Gasteiger partial charge is 0.486 e. The molecule has 0 amide bonds. The minimum absolute atomic E-state index is 0.0219. The number of nitrogens with two attached hydrogens (primary N) is 1. The predicted octanol–water partition coefficient (Wildman–Crippen LogP) is 1.09. The van der Waals surface area contributed by atoms with Gasteiger partial charge in [-0.3, -0.25) is 0 Å². The molecule has 1 aromatic carbocycles. The molecule has 5 nitrogen and oxygen atoms in total. The molecule has 2 aliphatic heterocycles. The highest BCUT2D eigenvalue weighted by Gasteiger charge is 2.28. The van der Waals surface area contributed by atoms with E-state index in [2.05, 4.69) is 30.0 Å². The average Bonchev–Trinajstić information content (AvgIpc) is 2.67. The Bertz CT molecular complexity index is 494. The molecule has 116 valence electrons. The molecule has 1 aromatic rings. The smallest absolute Gasteiger partial charge is 0.161 e. The molecule has 3 rings (SSSR count). The summed E-state index contributed by atoms with van der Waals surface area (Å²) in [6.45, 7) is 4.44. The van der Waals surface area contributed by atoms with E-state index < -0.39 is 0 Å². The lowest BCUT2D eigenvalue weighted by molar-refractivity contribution is 0.170. The monoisotopic (exact) mass is 291 g/mol. The highest BCUT2D eigenvalue weighted by atomic mass is 16.6. The summed E-state index contributed by atoms with van der Waals surface area (Å²) in [7, 11) is 4.34. The lowest BCUT2D eigenvalue weighted by Crippen LogP contribution is -2.45. The molecule has 1 saturated heterocycles. The third-order valence-corrected chi connectivity index (χ3v) is 4.48. The van der Waals surface area contributed by atoms with Crippen LogP contribution in [0.4, 0.5) is 0 Å². The first-order valence-electron chi connectivity index (χ1n) is 7.69. The number of likely N-dealkylation sites (N-methyl/N-ethyl adjacent to an activating group) is 2. The lowest BCUT2D eigenvalue weighted by atomic mass is 9.98. The van der Waals surface area contributed by atoms with Gasteiger partial charge >= 0.3 is 0 Å². The molecule has 0 radical (unpaired) electrons. The summed E-state index contributed by atoms with van der Waals surface area (Å²) in [5.41, 5.74) is 7.68. The molecule has 1 fully saturated rings. The maximum absolute atomic E-state index is 6.56. The Balaban J connectivity index is 1.81. The second kappa shape index (κ2) is 6.22. The van der Waals surface area contributed by atoms with Gasteiger partial charge in [-0.2, -0.15) is 0 Å². The Hall–Kier alpha value is -1.30. The summed E-state index contributed by atoms with van der Waals surface area (Å²) in [6, 6.07) is 6.38. The third-order valence-electron chi connectivity index (χ3n) is 4.48. The molecule has 5 heteroatoms. The third kappa shape index (κ3) is 3.15. The zero-order chi connectivity index (χ0) is 14.8. The zero-order valence-electron chi connectivity index (χ0n) is 12.9. The standard InChI is InChI=1S/C16H25N3O2/c1-18-6-3-7-19(2)13(11-18)16(17)12-4-5-14-15(10-12)21-9-8-20-14/h4-5,10,13,16H,3,6-9,11,17H2,1-2H3. The minimum Gasteiger partial charge on any atom is -0.486 e. The minimum atomic E-state index is -0.0219. The van der Waals surface area contributed by atoms with Crippen molar-refractivity contribution in [1.29, 1.82) is 0 Å². The van der Waals surface area contributed by atoms with Crippen LogP contribution in [-0.2, 0) is 0 Å². The normalized spacial score (nSPS) is 25.4. The maximum Gasteiger partial charge on any atom is 0.161 e. The van der Waals surface area contributed by atoms with Crippen LogP contribution in [0.1, 0.15) is 18.0 Å². The molecular weight excluding hydrogens is 266 g/mol. The Labute approximate surface area is 126 Å². The fourth-order valence-electron chi connectivity index (χ4n) is 3.18. The van der Waals surface area contributed by atoms with Gasteiger partial charge in [0, 0.05) is 18.6 Å². The molecule has 0 aliphatic carbocycles. The van der Waals surface area contributed by atoms with Crippen molar-refractivity contribution < 1.29 is 9.47 Å². The van der Waals surface area contributed by atoms with Crippen molar-refractivity contribution in [2.24, 2.45) is 5.73 Å². The fraction of sp³-hybridized carbons (Fsp3) is 0.625. The summed E-state index contributed by atoms with van der Waals surface area (Å²) >= 11 is 0. The number of hydrogen-bond acceptors (Lipinski definition) is 5. The lowest BCUT2D eigenvalue weighted by Gasteiger charge is -2.33. The first-order chi connectivity index (χ1) is 10.1. The maximum atomic E-state index is 6.56. The Morgan fingerprint density at radius 2 is 1.90 bits per heavy atom. The molecule has 0 spiro atoms. The van der Waals surface area contributed by atoms with E-state index in [4.69, 9.17) is 15.2 Å². The van der Waals surface area contributed by atoms with Crippen molar-refractivity contribution in [2.75, 3.05) is 46.9 Å². The Kier molecular flexibility index (Phi) is 4.33. The van der Waals surface area contributed by atoms with E-state index in [1.165, 1.54) is 6.42 Å². The second-order valence-electron chi connectivity index (χ2n) is 6.09. The van der Waals surface area contributed by atoms with E-state index in [1.807, 2.05) is 12.1 Å². The van der Waals surface area contributed by atoms with E-state index in [-0.39, 0.29) is 6.04 Å². The van der Waals surface area contributed by atoms with E-state index in [1.54, 1.807) is 0 Å². The molecular formula is C16H25N3O2. The fourth-order valence-corrected chi connectivity index (χ4v) is 3.18. The van der Waals surface area contributed by atoms with Crippen LogP contribution < -0.4 is 15.2 Å². The van der Waals surface area contributed by atoms with Gasteiger partial charge in [-0.05, 0) is 51.3 Å².